The van der Waals surface area contributed by atoms with Gasteiger partial charge in [-0.15, -0.1) is 0 Å². The molecule has 0 saturated heterocycles. The third-order valence-corrected chi connectivity index (χ3v) is 6.06. The Kier molecular flexibility index (Phi) is 8.72. The number of sulfonamides is 1. The average Bonchev–Trinajstić information content (AvgIpc) is 2.71. The number of hydrogen-bond donors (Lipinski definition) is 1. The second kappa shape index (κ2) is 11.0. The largest absolute Gasteiger partial charge is 0.494 e. The first kappa shape index (κ1) is 23.7. The maximum Gasteiger partial charge on any atom is 0.232 e. The molecule has 0 fully saturated rings. The molecule has 7 heteroatoms. The number of anilines is 1. The van der Waals surface area contributed by atoms with E-state index in [1.54, 1.807) is 24.3 Å². The molecule has 2 aromatic carbocycles. The first-order valence-electron chi connectivity index (χ1n) is 10.3. The van der Waals surface area contributed by atoms with Gasteiger partial charge in [-0.05, 0) is 62.1 Å². The minimum atomic E-state index is -3.45. The lowest BCUT2D eigenvalue weighted by molar-refractivity contribution is -0.121. The van der Waals surface area contributed by atoms with Crippen LogP contribution in [0.3, 0.4) is 0 Å². The van der Waals surface area contributed by atoms with Crippen molar-refractivity contribution in [3.63, 3.8) is 0 Å². The number of aryl methyl sites for hydroxylation is 1. The average molecular weight is 433 g/mol. The molecule has 0 aliphatic heterocycles. The van der Waals surface area contributed by atoms with Crippen molar-refractivity contribution in [1.29, 1.82) is 0 Å². The van der Waals surface area contributed by atoms with Crippen molar-refractivity contribution < 1.29 is 17.9 Å². The second-order valence-electron chi connectivity index (χ2n) is 7.25. The van der Waals surface area contributed by atoms with Crippen LogP contribution in [0.4, 0.5) is 5.69 Å². The Morgan fingerprint density at radius 3 is 2.23 bits per heavy atom. The third-order valence-electron chi connectivity index (χ3n) is 4.87. The van der Waals surface area contributed by atoms with Crippen molar-refractivity contribution in [2.75, 3.05) is 23.7 Å². The first-order valence-corrected chi connectivity index (χ1v) is 12.2. The van der Waals surface area contributed by atoms with Crippen molar-refractivity contribution in [2.45, 2.75) is 46.1 Å². The van der Waals surface area contributed by atoms with Crippen LogP contribution in [0.5, 0.6) is 5.75 Å². The molecule has 0 heterocycles. The van der Waals surface area contributed by atoms with Gasteiger partial charge in [0.15, 0.2) is 0 Å². The van der Waals surface area contributed by atoms with Crippen LogP contribution >= 0.6 is 0 Å². The summed E-state index contributed by atoms with van der Waals surface area (Å²) in [5.74, 6) is 0.595. The van der Waals surface area contributed by atoms with Gasteiger partial charge in [0, 0.05) is 13.0 Å². The van der Waals surface area contributed by atoms with Gasteiger partial charge in [-0.3, -0.25) is 9.10 Å². The fraction of sp³-hybridized carbons (Fsp3) is 0.435. The van der Waals surface area contributed by atoms with Crippen LogP contribution in [-0.2, 0) is 21.2 Å². The van der Waals surface area contributed by atoms with Crippen LogP contribution in [0.1, 0.15) is 50.8 Å². The molecule has 6 nitrogen and oxygen atoms in total. The maximum atomic E-state index is 12.3. The number of benzene rings is 2. The Hall–Kier alpha value is -2.54. The fourth-order valence-corrected chi connectivity index (χ4v) is 4.15. The van der Waals surface area contributed by atoms with E-state index < -0.39 is 10.0 Å². The molecule has 2 aromatic rings. The summed E-state index contributed by atoms with van der Waals surface area (Å²) in [4.78, 5) is 12.3. The number of ether oxygens (including phenoxy) is 1. The van der Waals surface area contributed by atoms with E-state index in [0.29, 0.717) is 24.5 Å². The van der Waals surface area contributed by atoms with Crippen LogP contribution in [0.15, 0.2) is 48.5 Å². The summed E-state index contributed by atoms with van der Waals surface area (Å²) in [7, 11) is -3.45. The minimum absolute atomic E-state index is 0.0952. The normalized spacial score (nSPS) is 12.3. The molecule has 1 amide bonds. The lowest BCUT2D eigenvalue weighted by atomic mass is 10.0. The molecule has 0 spiro atoms. The Morgan fingerprint density at radius 1 is 1.07 bits per heavy atom. The van der Waals surface area contributed by atoms with Crippen LogP contribution in [0, 0.1) is 0 Å². The lowest BCUT2D eigenvalue weighted by Gasteiger charge is -2.23. The van der Waals surface area contributed by atoms with E-state index in [9.17, 15) is 13.2 Å². The molecular formula is C23H32N2O4S. The van der Waals surface area contributed by atoms with E-state index in [1.165, 1.54) is 16.1 Å². The Bertz CT molecular complexity index is 909. The van der Waals surface area contributed by atoms with Crippen molar-refractivity contribution in [3.8, 4) is 5.75 Å². The summed E-state index contributed by atoms with van der Waals surface area (Å²) in [5, 5.41) is 2.98. The van der Waals surface area contributed by atoms with Gasteiger partial charge in [0.25, 0.3) is 0 Å². The summed E-state index contributed by atoms with van der Waals surface area (Å²) in [6, 6.07) is 15.0. The summed E-state index contributed by atoms with van der Waals surface area (Å²) < 4.78 is 31.2. The van der Waals surface area contributed by atoms with E-state index in [0.717, 1.165) is 12.0 Å². The van der Waals surface area contributed by atoms with Gasteiger partial charge in [0.2, 0.25) is 15.9 Å². The highest BCUT2D eigenvalue weighted by Crippen LogP contribution is 2.22. The molecule has 30 heavy (non-hydrogen) atoms. The van der Waals surface area contributed by atoms with E-state index in [-0.39, 0.29) is 24.9 Å². The molecule has 164 valence electrons. The summed E-state index contributed by atoms with van der Waals surface area (Å²) in [6.07, 6.45) is 2.83. The summed E-state index contributed by atoms with van der Waals surface area (Å²) in [5.41, 5.74) is 2.87. The molecule has 0 aliphatic rings. The standard InChI is InChI=1S/C23H32N2O4S/c1-5-19-9-11-20(12-10-19)18(3)24-23(26)8-7-17-25(30(4,27)28)21-13-15-22(16-14-21)29-6-2/h9-16,18H,5-8,17H2,1-4H3,(H,24,26)/t18-/m0/s1. The molecule has 0 radical (unpaired) electrons. The highest BCUT2D eigenvalue weighted by atomic mass is 32.2. The number of amides is 1. The van der Waals surface area contributed by atoms with E-state index in [4.69, 9.17) is 4.74 Å². The van der Waals surface area contributed by atoms with Gasteiger partial charge in [-0.1, -0.05) is 31.2 Å². The summed E-state index contributed by atoms with van der Waals surface area (Å²) >= 11 is 0. The smallest absolute Gasteiger partial charge is 0.232 e. The minimum Gasteiger partial charge on any atom is -0.494 e. The van der Waals surface area contributed by atoms with Crippen LogP contribution in [-0.4, -0.2) is 33.7 Å². The zero-order chi connectivity index (χ0) is 22.1. The van der Waals surface area contributed by atoms with Gasteiger partial charge < -0.3 is 10.1 Å². The van der Waals surface area contributed by atoms with E-state index in [2.05, 4.69) is 24.4 Å². The predicted molar refractivity (Wildman–Crippen MR) is 121 cm³/mol. The maximum absolute atomic E-state index is 12.3. The van der Waals surface area contributed by atoms with Crippen LogP contribution < -0.4 is 14.4 Å². The predicted octanol–water partition coefficient (Wildman–Crippen LogP) is 4.07. The zero-order valence-electron chi connectivity index (χ0n) is 18.2. The Labute approximate surface area is 180 Å². The molecule has 0 aliphatic carbocycles. The van der Waals surface area contributed by atoms with Gasteiger partial charge in [-0.2, -0.15) is 0 Å². The zero-order valence-corrected chi connectivity index (χ0v) is 19.0. The van der Waals surface area contributed by atoms with Crippen molar-refractivity contribution in [3.05, 3.63) is 59.7 Å². The highest BCUT2D eigenvalue weighted by molar-refractivity contribution is 7.92. The third kappa shape index (κ3) is 7.06. The highest BCUT2D eigenvalue weighted by Gasteiger charge is 2.18. The number of nitrogens with zero attached hydrogens (tertiary/aromatic N) is 1. The molecule has 1 N–H and O–H groups in total. The molecule has 0 aromatic heterocycles. The number of nitrogens with one attached hydrogen (secondary N) is 1. The Morgan fingerprint density at radius 2 is 1.70 bits per heavy atom. The topological polar surface area (TPSA) is 75.7 Å². The molecule has 0 bridgehead atoms. The SMILES string of the molecule is CCOc1ccc(N(CCCC(=O)N[C@@H](C)c2ccc(CC)cc2)S(C)(=O)=O)cc1. The fourth-order valence-electron chi connectivity index (χ4n) is 3.18. The number of carbonyl (C=O) groups is 1. The molecule has 0 saturated carbocycles. The van der Waals surface area contributed by atoms with E-state index in [1.807, 2.05) is 26.0 Å². The molecule has 0 unspecified atom stereocenters. The number of rotatable bonds is 11. The number of hydrogen-bond acceptors (Lipinski definition) is 4. The lowest BCUT2D eigenvalue weighted by Crippen LogP contribution is -2.32. The Balaban J connectivity index is 1.91. The van der Waals surface area contributed by atoms with Crippen molar-refractivity contribution >= 4 is 21.6 Å². The van der Waals surface area contributed by atoms with Crippen molar-refractivity contribution in [1.82, 2.24) is 5.32 Å². The van der Waals surface area contributed by atoms with Gasteiger partial charge >= 0.3 is 0 Å². The molecule has 2 rings (SSSR count). The van der Waals surface area contributed by atoms with Crippen LogP contribution in [0.25, 0.3) is 0 Å². The van der Waals surface area contributed by atoms with E-state index >= 15 is 0 Å². The molecular weight excluding hydrogens is 400 g/mol. The van der Waals surface area contributed by atoms with Gasteiger partial charge in [0.1, 0.15) is 5.75 Å². The monoisotopic (exact) mass is 432 g/mol. The van der Waals surface area contributed by atoms with Gasteiger partial charge in [0.05, 0.1) is 24.6 Å². The van der Waals surface area contributed by atoms with Crippen molar-refractivity contribution in [2.24, 2.45) is 0 Å². The molecule has 1 atom stereocenters. The van der Waals surface area contributed by atoms with Crippen LogP contribution in [0.2, 0.25) is 0 Å². The summed E-state index contributed by atoms with van der Waals surface area (Å²) in [6.45, 7) is 6.73. The van der Waals surface area contributed by atoms with Gasteiger partial charge in [-0.25, -0.2) is 8.42 Å². The quantitative estimate of drug-likeness (QED) is 0.581. The second-order valence-corrected chi connectivity index (χ2v) is 9.16. The first-order chi connectivity index (χ1) is 14.2. The number of carbonyl (C=O) groups excluding carboxylic acids is 1.